The van der Waals surface area contributed by atoms with Crippen molar-refractivity contribution in [2.24, 2.45) is 0 Å². The topological polar surface area (TPSA) is 128 Å². The molecule has 0 atom stereocenters. The molecule has 1 saturated heterocycles. The van der Waals surface area contributed by atoms with E-state index in [9.17, 15) is 14.4 Å². The predicted octanol–water partition coefficient (Wildman–Crippen LogP) is 2.69. The fourth-order valence-corrected chi connectivity index (χ4v) is 4.35. The fourth-order valence-electron chi connectivity index (χ4n) is 4.35. The number of hydrogen-bond donors (Lipinski definition) is 3. The number of rotatable bonds is 7. The summed E-state index contributed by atoms with van der Waals surface area (Å²) in [5.74, 6) is -0.366. The summed E-state index contributed by atoms with van der Waals surface area (Å²) in [5.41, 5.74) is 5.71. The molecular formula is C29H30N6O4. The number of hydrogen-bond acceptors (Lipinski definition) is 7. The molecule has 1 aliphatic carbocycles. The van der Waals surface area contributed by atoms with Gasteiger partial charge in [-0.25, -0.2) is 15.4 Å². The van der Waals surface area contributed by atoms with Crippen molar-refractivity contribution < 1.29 is 19.6 Å². The first-order valence-corrected chi connectivity index (χ1v) is 12.9. The molecule has 10 heteroatoms. The van der Waals surface area contributed by atoms with Gasteiger partial charge < -0.3 is 15.1 Å². The van der Waals surface area contributed by atoms with E-state index in [1.54, 1.807) is 22.5 Å². The number of piperazine rings is 1. The summed E-state index contributed by atoms with van der Waals surface area (Å²) in [6.07, 6.45) is 6.59. The quantitative estimate of drug-likeness (QED) is 0.187. The first kappa shape index (κ1) is 26.1. The summed E-state index contributed by atoms with van der Waals surface area (Å²) in [6, 6.07) is 15.5. The lowest BCUT2D eigenvalue weighted by atomic mass is 10.00. The second-order valence-corrected chi connectivity index (χ2v) is 9.79. The Balaban J connectivity index is 1.24. The predicted molar refractivity (Wildman–Crippen MR) is 146 cm³/mol. The van der Waals surface area contributed by atoms with E-state index < -0.39 is 5.91 Å². The maximum Gasteiger partial charge on any atom is 0.277 e. The Morgan fingerprint density at radius 2 is 1.49 bits per heavy atom. The van der Waals surface area contributed by atoms with Crippen molar-refractivity contribution in [1.82, 2.24) is 25.7 Å². The number of aryl methyl sites for hydroxylation is 1. The molecule has 5 rings (SSSR count). The van der Waals surface area contributed by atoms with Crippen molar-refractivity contribution in [3.63, 3.8) is 0 Å². The third-order valence-corrected chi connectivity index (χ3v) is 6.84. The average Bonchev–Trinajstić information content (AvgIpc) is 3.80. The molecule has 1 aliphatic heterocycles. The lowest BCUT2D eigenvalue weighted by Crippen LogP contribution is -2.49. The van der Waals surface area contributed by atoms with Crippen molar-refractivity contribution in [3.05, 3.63) is 88.7 Å². The number of carbonyl (C=O) groups is 3. The Hall–Kier alpha value is -4.57. The highest BCUT2D eigenvalue weighted by molar-refractivity contribution is 6.24. The van der Waals surface area contributed by atoms with E-state index in [1.807, 2.05) is 54.3 Å². The molecule has 0 bridgehead atoms. The molecule has 1 saturated carbocycles. The van der Waals surface area contributed by atoms with Gasteiger partial charge in [0.25, 0.3) is 17.7 Å². The number of benzene rings is 2. The van der Waals surface area contributed by atoms with Crippen LogP contribution in [0, 0.1) is 6.92 Å². The van der Waals surface area contributed by atoms with E-state index in [1.165, 1.54) is 12.4 Å². The summed E-state index contributed by atoms with van der Waals surface area (Å²) in [6.45, 7) is 4.12. The van der Waals surface area contributed by atoms with Gasteiger partial charge in [-0.1, -0.05) is 42.0 Å². The van der Waals surface area contributed by atoms with E-state index in [-0.39, 0.29) is 23.4 Å². The van der Waals surface area contributed by atoms with Gasteiger partial charge in [0.1, 0.15) is 0 Å². The summed E-state index contributed by atoms with van der Waals surface area (Å²) < 4.78 is 0. The van der Waals surface area contributed by atoms with Crippen LogP contribution in [0.4, 0.5) is 5.95 Å². The number of anilines is 1. The van der Waals surface area contributed by atoms with E-state index in [2.05, 4.69) is 15.3 Å². The lowest BCUT2D eigenvalue weighted by Gasteiger charge is -2.34. The summed E-state index contributed by atoms with van der Waals surface area (Å²) in [7, 11) is 0. The Kier molecular flexibility index (Phi) is 7.64. The monoisotopic (exact) mass is 526 g/mol. The van der Waals surface area contributed by atoms with Crippen molar-refractivity contribution >= 4 is 35.3 Å². The summed E-state index contributed by atoms with van der Waals surface area (Å²) in [4.78, 5) is 49.7. The molecule has 39 heavy (non-hydrogen) atoms. The van der Waals surface area contributed by atoms with Gasteiger partial charge in [0.2, 0.25) is 5.95 Å². The van der Waals surface area contributed by atoms with Gasteiger partial charge in [0, 0.05) is 55.8 Å². The zero-order valence-corrected chi connectivity index (χ0v) is 21.6. The molecule has 3 aromatic rings. The van der Waals surface area contributed by atoms with Gasteiger partial charge in [0.05, 0.1) is 5.56 Å². The SMILES string of the molecule is Cc1ccc(/C(=C/c2ccc(C(=O)N3CCN(c4ncc(C(=O)NO)cn4)CC3)cc2)C(=O)NC2CC2)cc1. The van der Waals surface area contributed by atoms with Crippen LogP contribution in [0.2, 0.25) is 0 Å². The van der Waals surface area contributed by atoms with Crippen LogP contribution in [0.1, 0.15) is 50.2 Å². The first-order valence-electron chi connectivity index (χ1n) is 12.9. The van der Waals surface area contributed by atoms with Gasteiger partial charge in [-0.3, -0.25) is 19.6 Å². The van der Waals surface area contributed by atoms with Crippen LogP contribution in [-0.2, 0) is 4.79 Å². The third-order valence-electron chi connectivity index (χ3n) is 6.84. The van der Waals surface area contributed by atoms with Crippen molar-refractivity contribution in [3.8, 4) is 0 Å². The molecule has 3 amide bonds. The van der Waals surface area contributed by atoms with Gasteiger partial charge in [-0.2, -0.15) is 0 Å². The van der Waals surface area contributed by atoms with Gasteiger partial charge in [-0.05, 0) is 49.1 Å². The molecule has 10 nitrogen and oxygen atoms in total. The van der Waals surface area contributed by atoms with Crippen LogP contribution in [0.5, 0.6) is 0 Å². The maximum atomic E-state index is 13.1. The Labute approximate surface area is 226 Å². The highest BCUT2D eigenvalue weighted by Crippen LogP contribution is 2.24. The number of carbonyl (C=O) groups excluding carboxylic acids is 3. The molecule has 0 spiro atoms. The minimum Gasteiger partial charge on any atom is -0.349 e. The minimum absolute atomic E-state index is 0.0636. The number of nitrogens with one attached hydrogen (secondary N) is 2. The van der Waals surface area contributed by atoms with E-state index in [0.29, 0.717) is 43.3 Å². The minimum atomic E-state index is -0.675. The molecule has 0 unspecified atom stereocenters. The van der Waals surface area contributed by atoms with Crippen LogP contribution in [0.25, 0.3) is 11.6 Å². The summed E-state index contributed by atoms with van der Waals surface area (Å²) in [5, 5.41) is 11.8. The zero-order valence-electron chi connectivity index (χ0n) is 21.6. The highest BCUT2D eigenvalue weighted by atomic mass is 16.5. The molecule has 0 radical (unpaired) electrons. The number of hydroxylamine groups is 1. The van der Waals surface area contributed by atoms with Gasteiger partial charge in [-0.15, -0.1) is 0 Å². The maximum absolute atomic E-state index is 13.1. The van der Waals surface area contributed by atoms with Crippen molar-refractivity contribution in [2.45, 2.75) is 25.8 Å². The summed E-state index contributed by atoms with van der Waals surface area (Å²) >= 11 is 0. The fraction of sp³-hybridized carbons (Fsp3) is 0.276. The molecule has 3 N–H and O–H groups in total. The van der Waals surface area contributed by atoms with E-state index in [0.717, 1.165) is 29.5 Å². The highest BCUT2D eigenvalue weighted by Gasteiger charge is 2.26. The first-order chi connectivity index (χ1) is 18.9. The molecule has 200 valence electrons. The Morgan fingerprint density at radius 1 is 0.872 bits per heavy atom. The second-order valence-electron chi connectivity index (χ2n) is 9.79. The largest absolute Gasteiger partial charge is 0.349 e. The van der Waals surface area contributed by atoms with Crippen LogP contribution in [0.3, 0.4) is 0 Å². The zero-order chi connectivity index (χ0) is 27.4. The van der Waals surface area contributed by atoms with Crippen molar-refractivity contribution in [2.75, 3.05) is 31.1 Å². The smallest absolute Gasteiger partial charge is 0.277 e. The normalized spacial score (nSPS) is 15.6. The molecular weight excluding hydrogens is 496 g/mol. The standard InChI is InChI=1S/C29H30N6O4/c1-19-2-6-21(7-3-19)25(27(37)32-24-10-11-24)16-20-4-8-22(9-5-20)28(38)34-12-14-35(15-13-34)29-30-17-23(18-31-29)26(36)33-39/h2-9,16-18,24,39H,10-15H2,1H3,(H,32,37)(H,33,36)/b25-16-. The molecule has 2 aromatic carbocycles. The molecule has 1 aromatic heterocycles. The van der Waals surface area contributed by atoms with Crippen LogP contribution >= 0.6 is 0 Å². The Morgan fingerprint density at radius 3 is 2.08 bits per heavy atom. The van der Waals surface area contributed by atoms with Crippen LogP contribution < -0.4 is 15.7 Å². The molecule has 2 heterocycles. The Bertz CT molecular complexity index is 1370. The average molecular weight is 527 g/mol. The number of nitrogens with zero attached hydrogens (tertiary/aromatic N) is 4. The third kappa shape index (κ3) is 6.29. The molecule has 2 aliphatic rings. The van der Waals surface area contributed by atoms with Crippen LogP contribution in [-0.4, -0.2) is 70.0 Å². The van der Waals surface area contributed by atoms with Crippen molar-refractivity contribution in [1.29, 1.82) is 0 Å². The van der Waals surface area contributed by atoms with Gasteiger partial charge in [0.15, 0.2) is 0 Å². The van der Waals surface area contributed by atoms with Crippen LogP contribution in [0.15, 0.2) is 60.9 Å². The lowest BCUT2D eigenvalue weighted by molar-refractivity contribution is -0.115. The van der Waals surface area contributed by atoms with E-state index in [4.69, 9.17) is 5.21 Å². The second kappa shape index (κ2) is 11.4. The van der Waals surface area contributed by atoms with E-state index >= 15 is 0 Å². The number of amides is 3. The van der Waals surface area contributed by atoms with Gasteiger partial charge >= 0.3 is 0 Å². The number of aromatic nitrogens is 2. The molecule has 2 fully saturated rings.